The molecule has 0 radical (unpaired) electrons. The van der Waals surface area contributed by atoms with E-state index in [4.69, 9.17) is 5.11 Å². The summed E-state index contributed by atoms with van der Waals surface area (Å²) >= 11 is 0. The van der Waals surface area contributed by atoms with E-state index in [1.807, 2.05) is 0 Å². The summed E-state index contributed by atoms with van der Waals surface area (Å²) < 4.78 is 14.6. The predicted octanol–water partition coefficient (Wildman–Crippen LogP) is 0.861. The van der Waals surface area contributed by atoms with Crippen LogP contribution in [0.3, 0.4) is 0 Å². The van der Waals surface area contributed by atoms with Gasteiger partial charge in [0.25, 0.3) is 5.56 Å². The van der Waals surface area contributed by atoms with E-state index >= 15 is 0 Å². The maximum absolute atomic E-state index is 13.5. The zero-order valence-electron chi connectivity index (χ0n) is 10.3. The third kappa shape index (κ3) is 4.29. The molecular formula is C12H17FN2O3. The molecular weight excluding hydrogens is 239 g/mol. The Morgan fingerprint density at radius 1 is 1.50 bits per heavy atom. The van der Waals surface area contributed by atoms with Crippen LogP contribution in [0.5, 0.6) is 0 Å². The lowest BCUT2D eigenvalue weighted by Crippen LogP contribution is -2.30. The van der Waals surface area contributed by atoms with Crippen molar-refractivity contribution in [3.63, 3.8) is 0 Å². The molecule has 100 valence electrons. The van der Waals surface area contributed by atoms with E-state index in [-0.39, 0.29) is 13.2 Å². The number of aliphatic hydroxyl groups is 1. The fraction of sp³-hybridized carbons (Fsp3) is 0.500. The van der Waals surface area contributed by atoms with Gasteiger partial charge in [-0.15, -0.1) is 0 Å². The topological polar surface area (TPSA) is 75.1 Å². The van der Waals surface area contributed by atoms with Crippen molar-refractivity contribution >= 4 is 0 Å². The molecule has 1 aromatic heterocycles. The Labute approximate surface area is 104 Å². The third-order valence-electron chi connectivity index (χ3n) is 2.49. The van der Waals surface area contributed by atoms with Crippen LogP contribution in [0.1, 0.15) is 24.8 Å². The molecule has 1 aromatic rings. The minimum absolute atomic E-state index is 0.0913. The summed E-state index contributed by atoms with van der Waals surface area (Å²) in [6.45, 7) is 1.46. The normalized spacial score (nSPS) is 11.8. The van der Waals surface area contributed by atoms with E-state index in [0.717, 1.165) is 4.57 Å². The predicted molar refractivity (Wildman–Crippen MR) is 66.2 cm³/mol. The van der Waals surface area contributed by atoms with Crippen LogP contribution in [-0.2, 0) is 6.54 Å². The number of rotatable bonds is 6. The first-order valence-corrected chi connectivity index (χ1v) is 5.80. The molecule has 18 heavy (non-hydrogen) atoms. The highest BCUT2D eigenvalue weighted by molar-refractivity contribution is 5.02. The Morgan fingerprint density at radius 2 is 2.22 bits per heavy atom. The number of unbranched alkanes of at least 4 members (excludes halogenated alkanes) is 2. The van der Waals surface area contributed by atoms with E-state index in [1.54, 1.807) is 6.92 Å². The number of hydrogen-bond acceptors (Lipinski definition) is 3. The highest BCUT2D eigenvalue weighted by Crippen LogP contribution is 2.04. The van der Waals surface area contributed by atoms with E-state index < -0.39 is 17.1 Å². The lowest BCUT2D eigenvalue weighted by atomic mass is 10.2. The summed E-state index contributed by atoms with van der Waals surface area (Å²) in [6, 6.07) is 0. The molecule has 2 N–H and O–H groups in total. The van der Waals surface area contributed by atoms with Crippen molar-refractivity contribution in [1.29, 1.82) is 0 Å². The number of hydrogen-bond donors (Lipinski definition) is 2. The van der Waals surface area contributed by atoms with Gasteiger partial charge < -0.3 is 5.11 Å². The van der Waals surface area contributed by atoms with Crippen LogP contribution in [-0.4, -0.2) is 21.3 Å². The summed E-state index contributed by atoms with van der Waals surface area (Å²) in [6.07, 6.45) is 4.57. The van der Waals surface area contributed by atoms with Crippen molar-refractivity contribution in [2.45, 2.75) is 32.7 Å². The summed E-state index contributed by atoms with van der Waals surface area (Å²) in [5.74, 6) is -0.429. The molecule has 0 fully saturated rings. The second-order valence-electron chi connectivity index (χ2n) is 4.07. The minimum Gasteiger partial charge on any atom is -0.396 e. The lowest BCUT2D eigenvalue weighted by molar-refractivity contribution is 0.285. The van der Waals surface area contributed by atoms with Crippen molar-refractivity contribution in [2.24, 2.45) is 0 Å². The SMILES string of the molecule is Cc1cn(C/C(F)=C/CCCCO)c(=O)[nH]c1=O. The molecule has 1 rings (SSSR count). The average molecular weight is 256 g/mol. The summed E-state index contributed by atoms with van der Waals surface area (Å²) in [7, 11) is 0. The van der Waals surface area contributed by atoms with E-state index in [9.17, 15) is 14.0 Å². The summed E-state index contributed by atoms with van der Waals surface area (Å²) in [5, 5.41) is 8.57. The molecule has 0 aromatic carbocycles. The lowest BCUT2D eigenvalue weighted by Gasteiger charge is -2.04. The largest absolute Gasteiger partial charge is 0.396 e. The number of H-pyrrole nitrogens is 1. The quantitative estimate of drug-likeness (QED) is 0.741. The van der Waals surface area contributed by atoms with Gasteiger partial charge in [-0.25, -0.2) is 9.18 Å². The highest BCUT2D eigenvalue weighted by atomic mass is 19.1. The number of aliphatic hydroxyl groups excluding tert-OH is 1. The number of aromatic amines is 1. The second kappa shape index (κ2) is 6.90. The van der Waals surface area contributed by atoms with E-state index in [1.165, 1.54) is 12.3 Å². The molecule has 0 aliphatic carbocycles. The van der Waals surface area contributed by atoms with Gasteiger partial charge in [-0.2, -0.15) is 0 Å². The monoisotopic (exact) mass is 256 g/mol. The number of aromatic nitrogens is 2. The maximum atomic E-state index is 13.5. The Bertz CT molecular complexity index is 531. The van der Waals surface area contributed by atoms with Crippen LogP contribution < -0.4 is 11.2 Å². The minimum atomic E-state index is -0.621. The first kappa shape index (κ1) is 14.4. The first-order chi connectivity index (χ1) is 8.54. The molecule has 0 spiro atoms. The number of allylic oxidation sites excluding steroid dienone is 2. The van der Waals surface area contributed by atoms with Gasteiger partial charge in [-0.05, 0) is 26.2 Å². The van der Waals surface area contributed by atoms with Crippen LogP contribution in [0, 0.1) is 6.92 Å². The molecule has 5 nitrogen and oxygen atoms in total. The number of aryl methyl sites for hydroxylation is 1. The highest BCUT2D eigenvalue weighted by Gasteiger charge is 2.03. The fourth-order valence-corrected chi connectivity index (χ4v) is 1.48. The van der Waals surface area contributed by atoms with Gasteiger partial charge in [0.1, 0.15) is 5.83 Å². The van der Waals surface area contributed by atoms with Crippen LogP contribution in [0.4, 0.5) is 4.39 Å². The molecule has 0 bridgehead atoms. The Morgan fingerprint density at radius 3 is 2.89 bits per heavy atom. The van der Waals surface area contributed by atoms with Gasteiger partial charge in [0.2, 0.25) is 0 Å². The molecule has 6 heteroatoms. The van der Waals surface area contributed by atoms with Crippen molar-refractivity contribution in [3.05, 3.63) is 44.5 Å². The van der Waals surface area contributed by atoms with Crippen molar-refractivity contribution in [1.82, 2.24) is 9.55 Å². The Kier molecular flexibility index (Phi) is 5.51. The third-order valence-corrected chi connectivity index (χ3v) is 2.49. The van der Waals surface area contributed by atoms with Crippen LogP contribution in [0.15, 0.2) is 27.7 Å². The van der Waals surface area contributed by atoms with Crippen LogP contribution in [0.25, 0.3) is 0 Å². The smallest absolute Gasteiger partial charge is 0.328 e. The first-order valence-electron chi connectivity index (χ1n) is 5.80. The molecule has 0 unspecified atom stereocenters. The Balaban J connectivity index is 2.70. The fourth-order valence-electron chi connectivity index (χ4n) is 1.48. The van der Waals surface area contributed by atoms with Gasteiger partial charge in [0, 0.05) is 18.4 Å². The molecule has 0 amide bonds. The molecule has 0 atom stereocenters. The number of nitrogens with zero attached hydrogens (tertiary/aromatic N) is 1. The van der Waals surface area contributed by atoms with Gasteiger partial charge in [-0.3, -0.25) is 14.3 Å². The number of nitrogens with one attached hydrogen (secondary N) is 1. The molecule has 0 aliphatic heterocycles. The van der Waals surface area contributed by atoms with Gasteiger partial charge in [-0.1, -0.05) is 6.08 Å². The van der Waals surface area contributed by atoms with E-state index in [2.05, 4.69) is 4.98 Å². The average Bonchev–Trinajstić information content (AvgIpc) is 2.32. The van der Waals surface area contributed by atoms with Gasteiger partial charge in [0.15, 0.2) is 0 Å². The van der Waals surface area contributed by atoms with Gasteiger partial charge in [0.05, 0.1) is 6.54 Å². The zero-order valence-corrected chi connectivity index (χ0v) is 10.3. The van der Waals surface area contributed by atoms with Crippen LogP contribution in [0.2, 0.25) is 0 Å². The van der Waals surface area contributed by atoms with Crippen molar-refractivity contribution in [2.75, 3.05) is 6.61 Å². The molecule has 0 saturated heterocycles. The zero-order chi connectivity index (χ0) is 13.5. The van der Waals surface area contributed by atoms with Crippen molar-refractivity contribution < 1.29 is 9.50 Å². The Hall–Kier alpha value is -1.69. The van der Waals surface area contributed by atoms with Crippen LogP contribution >= 0.6 is 0 Å². The second-order valence-corrected chi connectivity index (χ2v) is 4.07. The van der Waals surface area contributed by atoms with Crippen molar-refractivity contribution in [3.8, 4) is 0 Å². The number of halogens is 1. The molecule has 1 heterocycles. The standard InChI is InChI=1S/C12H17FN2O3/c1-9-7-15(12(18)14-11(9)17)8-10(13)5-3-2-4-6-16/h5,7,16H,2-4,6,8H2,1H3,(H,14,17,18)/b10-5-. The summed E-state index contributed by atoms with van der Waals surface area (Å²) in [4.78, 5) is 24.6. The van der Waals surface area contributed by atoms with Gasteiger partial charge >= 0.3 is 5.69 Å². The summed E-state index contributed by atoms with van der Waals surface area (Å²) in [5.41, 5.74) is -0.712. The van der Waals surface area contributed by atoms with E-state index in [0.29, 0.717) is 24.8 Å². The molecule has 0 aliphatic rings. The molecule has 0 saturated carbocycles. The maximum Gasteiger partial charge on any atom is 0.328 e.